The van der Waals surface area contributed by atoms with Crippen LogP contribution in [0, 0.1) is 0 Å². The Hall–Kier alpha value is -1.46. The molecule has 106 valence electrons. The van der Waals surface area contributed by atoms with Gasteiger partial charge in [-0.2, -0.15) is 0 Å². The highest BCUT2D eigenvalue weighted by atomic mass is 35.5. The Morgan fingerprint density at radius 2 is 2.20 bits per heavy atom. The average Bonchev–Trinajstić information content (AvgIpc) is 2.92. The number of nitrogens with one attached hydrogen (secondary N) is 1. The van der Waals surface area contributed by atoms with Gasteiger partial charge in [-0.25, -0.2) is 9.97 Å². The van der Waals surface area contributed by atoms with Crippen molar-refractivity contribution in [1.29, 1.82) is 0 Å². The lowest BCUT2D eigenvalue weighted by molar-refractivity contribution is 0.0911. The maximum Gasteiger partial charge on any atom is 0.252 e. The van der Waals surface area contributed by atoms with E-state index in [1.54, 1.807) is 18.3 Å². The Morgan fingerprint density at radius 3 is 2.80 bits per heavy atom. The van der Waals surface area contributed by atoms with Crippen LogP contribution in [-0.4, -0.2) is 15.9 Å². The first kappa shape index (κ1) is 14.9. The Kier molecular flexibility index (Phi) is 4.40. The third-order valence-corrected chi connectivity index (χ3v) is 4.15. The van der Waals surface area contributed by atoms with Crippen molar-refractivity contribution < 1.29 is 4.79 Å². The molecule has 1 amide bonds. The van der Waals surface area contributed by atoms with Gasteiger partial charge in [0.25, 0.3) is 5.91 Å². The molecule has 4 nitrogen and oxygen atoms in total. The molecule has 0 atom stereocenters. The number of amides is 1. The third kappa shape index (κ3) is 3.35. The highest BCUT2D eigenvalue weighted by molar-refractivity contribution is 7.09. The van der Waals surface area contributed by atoms with E-state index in [1.807, 2.05) is 26.2 Å². The summed E-state index contributed by atoms with van der Waals surface area (Å²) in [5.41, 5.74) is 0.800. The first-order valence-electron chi connectivity index (χ1n) is 6.31. The number of hydrogen-bond acceptors (Lipinski definition) is 4. The average molecular weight is 310 g/mol. The number of thiazole rings is 1. The lowest BCUT2D eigenvalue weighted by atomic mass is 10.1. The minimum atomic E-state index is -0.520. The van der Waals surface area contributed by atoms with Gasteiger partial charge >= 0.3 is 0 Å². The number of aromatic nitrogens is 2. The highest BCUT2D eigenvalue weighted by Gasteiger charge is 2.26. The van der Waals surface area contributed by atoms with Crippen LogP contribution in [0.5, 0.6) is 0 Å². The molecule has 0 spiro atoms. The lowest BCUT2D eigenvalue weighted by Crippen LogP contribution is -2.41. The molecule has 2 aromatic rings. The summed E-state index contributed by atoms with van der Waals surface area (Å²) in [5.74, 6) is -0.177. The summed E-state index contributed by atoms with van der Waals surface area (Å²) in [7, 11) is 0. The SMILES string of the molecule is CCc1cc(C(=O)NC(C)(C)c2nccs2)cc(Cl)n1. The van der Waals surface area contributed by atoms with Crippen molar-refractivity contribution in [2.45, 2.75) is 32.7 Å². The van der Waals surface area contributed by atoms with Crippen LogP contribution < -0.4 is 5.32 Å². The van der Waals surface area contributed by atoms with Crippen LogP contribution in [0.3, 0.4) is 0 Å². The summed E-state index contributed by atoms with van der Waals surface area (Å²) >= 11 is 7.46. The number of carbonyl (C=O) groups is 1. The number of pyridine rings is 1. The van der Waals surface area contributed by atoms with E-state index in [0.29, 0.717) is 10.7 Å². The number of aryl methyl sites for hydroxylation is 1. The standard InChI is InChI=1S/C14H16ClN3OS/c1-4-10-7-9(8-11(15)17-10)12(19)18-14(2,3)13-16-5-6-20-13/h5-8H,4H2,1-3H3,(H,18,19). The van der Waals surface area contributed by atoms with Crippen LogP contribution in [-0.2, 0) is 12.0 Å². The zero-order valence-corrected chi connectivity index (χ0v) is 13.2. The first-order valence-corrected chi connectivity index (χ1v) is 7.57. The molecule has 0 aliphatic heterocycles. The van der Waals surface area contributed by atoms with Gasteiger partial charge < -0.3 is 5.32 Å². The fraction of sp³-hybridized carbons (Fsp3) is 0.357. The maximum atomic E-state index is 12.4. The van der Waals surface area contributed by atoms with Crippen molar-refractivity contribution in [3.63, 3.8) is 0 Å². The van der Waals surface area contributed by atoms with Crippen molar-refractivity contribution in [1.82, 2.24) is 15.3 Å². The first-order chi connectivity index (χ1) is 9.42. The number of rotatable bonds is 4. The number of nitrogens with zero attached hydrogens (tertiary/aromatic N) is 2. The normalized spacial score (nSPS) is 11.4. The molecule has 20 heavy (non-hydrogen) atoms. The highest BCUT2D eigenvalue weighted by Crippen LogP contribution is 2.23. The molecule has 1 N–H and O–H groups in total. The third-order valence-electron chi connectivity index (χ3n) is 2.86. The lowest BCUT2D eigenvalue weighted by Gasteiger charge is -2.24. The van der Waals surface area contributed by atoms with Crippen LogP contribution in [0.2, 0.25) is 5.15 Å². The molecule has 0 unspecified atom stereocenters. The Morgan fingerprint density at radius 1 is 1.45 bits per heavy atom. The monoisotopic (exact) mass is 309 g/mol. The van der Waals surface area contributed by atoms with E-state index in [9.17, 15) is 4.79 Å². The minimum absolute atomic E-state index is 0.177. The molecule has 0 saturated heterocycles. The second kappa shape index (κ2) is 5.89. The van der Waals surface area contributed by atoms with Gasteiger partial charge in [-0.1, -0.05) is 18.5 Å². The van der Waals surface area contributed by atoms with E-state index >= 15 is 0 Å². The van der Waals surface area contributed by atoms with E-state index in [4.69, 9.17) is 11.6 Å². The number of hydrogen-bond donors (Lipinski definition) is 1. The smallest absolute Gasteiger partial charge is 0.252 e. The Labute approximate surface area is 127 Å². The molecule has 0 bridgehead atoms. The molecule has 0 fully saturated rings. The number of carbonyl (C=O) groups excluding carboxylic acids is 1. The predicted octanol–water partition coefficient (Wildman–Crippen LogP) is 3.42. The van der Waals surface area contributed by atoms with Gasteiger partial charge in [0.2, 0.25) is 0 Å². The molecule has 0 aliphatic rings. The van der Waals surface area contributed by atoms with Gasteiger partial charge in [-0.05, 0) is 32.4 Å². The summed E-state index contributed by atoms with van der Waals surface area (Å²) < 4.78 is 0. The van der Waals surface area contributed by atoms with Crippen molar-refractivity contribution >= 4 is 28.8 Å². The molecule has 0 saturated carbocycles. The predicted molar refractivity (Wildman–Crippen MR) is 81.2 cm³/mol. The summed E-state index contributed by atoms with van der Waals surface area (Å²) in [5, 5.41) is 6.06. The van der Waals surface area contributed by atoms with Crippen molar-refractivity contribution in [3.05, 3.63) is 45.1 Å². The van der Waals surface area contributed by atoms with Crippen molar-refractivity contribution in [2.75, 3.05) is 0 Å². The van der Waals surface area contributed by atoms with E-state index in [-0.39, 0.29) is 5.91 Å². The second-order valence-corrected chi connectivity index (χ2v) is 6.22. The summed E-state index contributed by atoms with van der Waals surface area (Å²) in [4.78, 5) is 20.8. The van der Waals surface area contributed by atoms with Gasteiger partial charge in [0.1, 0.15) is 10.2 Å². The van der Waals surface area contributed by atoms with E-state index in [1.165, 1.54) is 11.3 Å². The zero-order valence-electron chi connectivity index (χ0n) is 11.6. The van der Waals surface area contributed by atoms with Gasteiger partial charge in [-0.3, -0.25) is 4.79 Å². The molecule has 2 rings (SSSR count). The summed E-state index contributed by atoms with van der Waals surface area (Å²) in [6.07, 6.45) is 2.46. The minimum Gasteiger partial charge on any atom is -0.341 e. The Bertz CT molecular complexity index is 611. The molecular weight excluding hydrogens is 294 g/mol. The number of halogens is 1. The van der Waals surface area contributed by atoms with Crippen molar-refractivity contribution in [3.8, 4) is 0 Å². The van der Waals surface area contributed by atoms with E-state index in [0.717, 1.165) is 17.1 Å². The van der Waals surface area contributed by atoms with Crippen LogP contribution in [0.25, 0.3) is 0 Å². The largest absolute Gasteiger partial charge is 0.341 e. The maximum absolute atomic E-state index is 12.4. The molecule has 2 heterocycles. The van der Waals surface area contributed by atoms with E-state index < -0.39 is 5.54 Å². The Balaban J connectivity index is 2.22. The van der Waals surface area contributed by atoms with Crippen LogP contribution in [0.1, 0.15) is 41.8 Å². The van der Waals surface area contributed by atoms with Crippen LogP contribution in [0.4, 0.5) is 0 Å². The fourth-order valence-corrected chi connectivity index (χ4v) is 2.75. The molecule has 0 radical (unpaired) electrons. The van der Waals surface area contributed by atoms with E-state index in [2.05, 4.69) is 15.3 Å². The second-order valence-electron chi connectivity index (χ2n) is 4.94. The quantitative estimate of drug-likeness (QED) is 0.880. The molecular formula is C14H16ClN3OS. The van der Waals surface area contributed by atoms with Crippen molar-refractivity contribution in [2.24, 2.45) is 0 Å². The fourth-order valence-electron chi connectivity index (χ4n) is 1.81. The summed E-state index contributed by atoms with van der Waals surface area (Å²) in [6, 6.07) is 3.34. The summed E-state index contributed by atoms with van der Waals surface area (Å²) in [6.45, 7) is 5.82. The van der Waals surface area contributed by atoms with Gasteiger partial charge in [0.15, 0.2) is 0 Å². The van der Waals surface area contributed by atoms with Crippen LogP contribution in [0.15, 0.2) is 23.7 Å². The van der Waals surface area contributed by atoms with Crippen LogP contribution >= 0.6 is 22.9 Å². The molecule has 0 aliphatic carbocycles. The van der Waals surface area contributed by atoms with Gasteiger partial charge in [-0.15, -0.1) is 11.3 Å². The zero-order chi connectivity index (χ0) is 14.8. The molecule has 2 aromatic heterocycles. The van der Waals surface area contributed by atoms with Gasteiger partial charge in [0, 0.05) is 22.8 Å². The molecule has 0 aromatic carbocycles. The topological polar surface area (TPSA) is 54.9 Å². The van der Waals surface area contributed by atoms with Gasteiger partial charge in [0.05, 0.1) is 5.54 Å². The molecule has 6 heteroatoms.